The third-order valence-electron chi connectivity index (χ3n) is 3.33. The molecule has 0 bridgehead atoms. The van der Waals surface area contributed by atoms with Crippen molar-refractivity contribution in [3.8, 4) is 0 Å². The summed E-state index contributed by atoms with van der Waals surface area (Å²) < 4.78 is 1.33. The van der Waals surface area contributed by atoms with Gasteiger partial charge in [0.05, 0.1) is 4.92 Å². The molecule has 0 aliphatic carbocycles. The van der Waals surface area contributed by atoms with Gasteiger partial charge in [-0.25, -0.2) is 9.48 Å². The van der Waals surface area contributed by atoms with E-state index in [1.807, 2.05) is 6.92 Å². The second kappa shape index (κ2) is 5.89. The number of hydrogen-bond donors (Lipinski definition) is 2. The van der Waals surface area contributed by atoms with Gasteiger partial charge >= 0.3 is 11.7 Å². The predicted octanol–water partition coefficient (Wildman–Crippen LogP) is 1.95. The van der Waals surface area contributed by atoms with E-state index in [1.54, 1.807) is 14.0 Å². The summed E-state index contributed by atoms with van der Waals surface area (Å²) in [5.74, 6) is -0.933. The molecule has 0 fully saturated rings. The molecule has 0 aliphatic rings. The van der Waals surface area contributed by atoms with Crippen LogP contribution in [0.25, 0.3) is 0 Å². The first-order chi connectivity index (χ1) is 9.26. The molecule has 0 spiro atoms. The number of aryl methyl sites for hydroxylation is 2. The Balaban J connectivity index is 3.30. The molecule has 1 unspecified atom stereocenters. The van der Waals surface area contributed by atoms with Crippen LogP contribution in [0, 0.1) is 10.1 Å². The summed E-state index contributed by atoms with van der Waals surface area (Å²) in [5, 5.41) is 27.4. The highest BCUT2D eigenvalue weighted by Gasteiger charge is 2.36. The van der Waals surface area contributed by atoms with Crippen LogP contribution < -0.4 is 5.32 Å². The molecule has 0 aliphatic heterocycles. The zero-order chi connectivity index (χ0) is 15.5. The topological polar surface area (TPSA) is 110 Å². The Bertz CT molecular complexity index is 526. The van der Waals surface area contributed by atoms with Crippen molar-refractivity contribution < 1.29 is 14.8 Å². The predicted molar refractivity (Wildman–Crippen MR) is 73.8 cm³/mol. The number of nitro groups is 1. The number of hydrogen-bond acceptors (Lipinski definition) is 5. The number of carbonyl (C=O) groups is 1. The summed E-state index contributed by atoms with van der Waals surface area (Å²) >= 11 is 0. The zero-order valence-corrected chi connectivity index (χ0v) is 12.1. The molecule has 0 saturated heterocycles. The number of anilines is 1. The van der Waals surface area contributed by atoms with Crippen LogP contribution in [-0.4, -0.2) is 31.3 Å². The lowest BCUT2D eigenvalue weighted by molar-refractivity contribution is -0.384. The Morgan fingerprint density at radius 3 is 2.55 bits per heavy atom. The molecule has 0 aromatic carbocycles. The van der Waals surface area contributed by atoms with Gasteiger partial charge < -0.3 is 10.4 Å². The average molecular weight is 284 g/mol. The smallest absolute Gasteiger partial charge is 0.334 e. The third kappa shape index (κ3) is 2.89. The van der Waals surface area contributed by atoms with Gasteiger partial charge in [0.1, 0.15) is 11.2 Å². The number of carboxylic acids is 1. The molecule has 1 atom stereocenters. The van der Waals surface area contributed by atoms with E-state index in [1.165, 1.54) is 11.6 Å². The van der Waals surface area contributed by atoms with Crippen molar-refractivity contribution in [3.05, 3.63) is 15.8 Å². The van der Waals surface area contributed by atoms with Gasteiger partial charge in [-0.15, -0.1) is 0 Å². The second-order valence-corrected chi connectivity index (χ2v) is 4.89. The van der Waals surface area contributed by atoms with Crippen molar-refractivity contribution in [2.24, 2.45) is 7.05 Å². The normalized spacial score (nSPS) is 13.8. The zero-order valence-electron chi connectivity index (χ0n) is 12.1. The van der Waals surface area contributed by atoms with E-state index in [-0.39, 0.29) is 17.9 Å². The molecule has 0 amide bonds. The Morgan fingerprint density at radius 2 is 2.15 bits per heavy atom. The van der Waals surface area contributed by atoms with E-state index in [4.69, 9.17) is 0 Å². The third-order valence-corrected chi connectivity index (χ3v) is 3.33. The van der Waals surface area contributed by atoms with Crippen LogP contribution in [0.5, 0.6) is 0 Å². The summed E-state index contributed by atoms with van der Waals surface area (Å²) in [6.07, 6.45) is 1.48. The first kappa shape index (κ1) is 15.9. The Labute approximate surface area is 116 Å². The van der Waals surface area contributed by atoms with Crippen LogP contribution in [-0.2, 0) is 18.3 Å². The summed E-state index contributed by atoms with van der Waals surface area (Å²) in [6.45, 7) is 5.10. The maximum atomic E-state index is 11.3. The minimum Gasteiger partial charge on any atom is -0.480 e. The van der Waals surface area contributed by atoms with Gasteiger partial charge in [0.2, 0.25) is 5.82 Å². The molecular weight excluding hydrogens is 264 g/mol. The van der Waals surface area contributed by atoms with Crippen molar-refractivity contribution in [2.45, 2.75) is 45.6 Å². The molecular formula is C12H20N4O4. The first-order valence-electron chi connectivity index (χ1n) is 6.48. The summed E-state index contributed by atoms with van der Waals surface area (Å²) in [7, 11) is 1.56. The van der Waals surface area contributed by atoms with Gasteiger partial charge in [-0.2, -0.15) is 5.10 Å². The van der Waals surface area contributed by atoms with Crippen molar-refractivity contribution >= 4 is 17.5 Å². The van der Waals surface area contributed by atoms with Crippen LogP contribution in [0.3, 0.4) is 0 Å². The number of nitrogens with zero attached hydrogens (tertiary/aromatic N) is 3. The lowest BCUT2D eigenvalue weighted by Crippen LogP contribution is -2.43. The molecule has 1 rings (SSSR count). The van der Waals surface area contributed by atoms with Gasteiger partial charge in [-0.1, -0.05) is 20.3 Å². The standard InChI is InChI=1S/C12H20N4O4/c1-5-7-8-9(16(19)20)10(15(4)14-8)13-12(3,6-2)11(17)18/h13H,5-7H2,1-4H3,(H,17,18). The lowest BCUT2D eigenvalue weighted by Gasteiger charge is -2.25. The van der Waals surface area contributed by atoms with Crippen molar-refractivity contribution in [1.82, 2.24) is 9.78 Å². The minimum absolute atomic E-state index is 0.130. The highest BCUT2D eigenvalue weighted by atomic mass is 16.6. The maximum absolute atomic E-state index is 11.3. The van der Waals surface area contributed by atoms with E-state index < -0.39 is 16.4 Å². The molecule has 1 aromatic heterocycles. The van der Waals surface area contributed by atoms with Crippen LogP contribution in [0.1, 0.15) is 39.3 Å². The Kier molecular flexibility index (Phi) is 4.69. The fourth-order valence-corrected chi connectivity index (χ4v) is 1.86. The van der Waals surface area contributed by atoms with Gasteiger partial charge in [0, 0.05) is 7.05 Å². The molecule has 112 valence electrons. The van der Waals surface area contributed by atoms with Crippen molar-refractivity contribution in [1.29, 1.82) is 0 Å². The van der Waals surface area contributed by atoms with Crippen molar-refractivity contribution in [2.75, 3.05) is 5.32 Å². The monoisotopic (exact) mass is 284 g/mol. The highest BCUT2D eigenvalue weighted by molar-refractivity contribution is 5.83. The summed E-state index contributed by atoms with van der Waals surface area (Å²) in [5.41, 5.74) is -1.05. The average Bonchev–Trinajstić information content (AvgIpc) is 2.66. The molecule has 0 radical (unpaired) electrons. The number of rotatable bonds is 7. The van der Waals surface area contributed by atoms with Gasteiger partial charge in [-0.05, 0) is 19.8 Å². The largest absolute Gasteiger partial charge is 0.480 e. The molecule has 1 aromatic rings. The SMILES string of the molecule is CCCc1nn(C)c(NC(C)(CC)C(=O)O)c1[N+](=O)[O-]. The van der Waals surface area contributed by atoms with E-state index in [9.17, 15) is 20.0 Å². The lowest BCUT2D eigenvalue weighted by atomic mass is 9.99. The molecule has 8 heteroatoms. The van der Waals surface area contributed by atoms with E-state index in [0.717, 1.165) is 6.42 Å². The van der Waals surface area contributed by atoms with Crippen LogP contribution in [0.15, 0.2) is 0 Å². The Hall–Kier alpha value is -2.12. The van der Waals surface area contributed by atoms with E-state index >= 15 is 0 Å². The molecule has 2 N–H and O–H groups in total. The van der Waals surface area contributed by atoms with E-state index in [0.29, 0.717) is 12.1 Å². The highest BCUT2D eigenvalue weighted by Crippen LogP contribution is 2.32. The quantitative estimate of drug-likeness (QED) is 0.585. The summed E-state index contributed by atoms with van der Waals surface area (Å²) in [4.78, 5) is 22.0. The first-order valence-corrected chi connectivity index (χ1v) is 6.48. The van der Waals surface area contributed by atoms with Gasteiger partial charge in [0.15, 0.2) is 0 Å². The fraction of sp³-hybridized carbons (Fsp3) is 0.667. The number of nitrogens with one attached hydrogen (secondary N) is 1. The molecule has 8 nitrogen and oxygen atoms in total. The molecule has 1 heterocycles. The Morgan fingerprint density at radius 1 is 1.55 bits per heavy atom. The van der Waals surface area contributed by atoms with Crippen LogP contribution >= 0.6 is 0 Å². The molecule has 20 heavy (non-hydrogen) atoms. The molecule has 0 saturated carbocycles. The number of carboxylic acid groups (broad SMARTS) is 1. The minimum atomic E-state index is -1.28. The summed E-state index contributed by atoms with van der Waals surface area (Å²) in [6, 6.07) is 0. The maximum Gasteiger partial charge on any atom is 0.334 e. The number of aromatic nitrogens is 2. The van der Waals surface area contributed by atoms with E-state index in [2.05, 4.69) is 10.4 Å². The van der Waals surface area contributed by atoms with Gasteiger partial charge in [-0.3, -0.25) is 10.1 Å². The van der Waals surface area contributed by atoms with Gasteiger partial charge in [0.25, 0.3) is 0 Å². The van der Waals surface area contributed by atoms with Crippen LogP contribution in [0.2, 0.25) is 0 Å². The van der Waals surface area contributed by atoms with Crippen LogP contribution in [0.4, 0.5) is 11.5 Å². The second-order valence-electron chi connectivity index (χ2n) is 4.89. The number of aliphatic carboxylic acids is 1. The fourth-order valence-electron chi connectivity index (χ4n) is 1.86. The van der Waals surface area contributed by atoms with Crippen molar-refractivity contribution in [3.63, 3.8) is 0 Å².